The lowest BCUT2D eigenvalue weighted by molar-refractivity contribution is -0.150. The van der Waals surface area contributed by atoms with Crippen LogP contribution in [-0.2, 0) is 9.53 Å². The Balaban J connectivity index is 2.54. The maximum absolute atomic E-state index is 11.6. The second kappa shape index (κ2) is 5.51. The molecule has 2 heteroatoms. The van der Waals surface area contributed by atoms with Crippen molar-refractivity contribution in [1.82, 2.24) is 0 Å². The Morgan fingerprint density at radius 3 is 2.44 bits per heavy atom. The number of carbonyl (C=O) groups is 1. The summed E-state index contributed by atoms with van der Waals surface area (Å²) in [7, 11) is 0. The molecule has 0 heterocycles. The molecule has 1 aliphatic rings. The van der Waals surface area contributed by atoms with Crippen LogP contribution in [0, 0.1) is 5.92 Å². The molecule has 0 N–H and O–H groups in total. The van der Waals surface area contributed by atoms with Gasteiger partial charge in [-0.1, -0.05) is 33.3 Å². The van der Waals surface area contributed by atoms with E-state index in [2.05, 4.69) is 20.4 Å². The fourth-order valence-corrected chi connectivity index (χ4v) is 2.28. The molecule has 0 bridgehead atoms. The predicted molar refractivity (Wildman–Crippen MR) is 66.2 cm³/mol. The number of esters is 1. The molecule has 2 nitrogen and oxygen atoms in total. The van der Waals surface area contributed by atoms with Crippen molar-refractivity contribution in [3.05, 3.63) is 12.2 Å². The van der Waals surface area contributed by atoms with Crippen molar-refractivity contribution in [2.45, 2.75) is 64.9 Å². The summed E-state index contributed by atoms with van der Waals surface area (Å²) in [5, 5.41) is 0. The molecule has 1 rings (SSSR count). The first-order valence-electron chi connectivity index (χ1n) is 6.44. The molecule has 0 spiro atoms. The zero-order valence-corrected chi connectivity index (χ0v) is 10.8. The zero-order chi connectivity index (χ0) is 12.2. The van der Waals surface area contributed by atoms with Gasteiger partial charge >= 0.3 is 5.97 Å². The van der Waals surface area contributed by atoms with Crippen molar-refractivity contribution in [1.29, 1.82) is 0 Å². The van der Waals surface area contributed by atoms with Gasteiger partial charge in [0.15, 0.2) is 0 Å². The van der Waals surface area contributed by atoms with Crippen molar-refractivity contribution < 1.29 is 9.53 Å². The summed E-state index contributed by atoms with van der Waals surface area (Å²) in [5.41, 5.74) is 0.372. The minimum Gasteiger partial charge on any atom is -0.455 e. The largest absolute Gasteiger partial charge is 0.455 e. The Kier molecular flexibility index (Phi) is 4.57. The average molecular weight is 224 g/mol. The highest BCUT2D eigenvalue weighted by atomic mass is 16.6. The monoisotopic (exact) mass is 224 g/mol. The molecule has 0 aromatic rings. The van der Waals surface area contributed by atoms with Crippen LogP contribution in [0.3, 0.4) is 0 Å². The highest BCUT2D eigenvalue weighted by Crippen LogP contribution is 2.49. The van der Waals surface area contributed by atoms with Crippen LogP contribution in [0.1, 0.15) is 59.3 Å². The highest BCUT2D eigenvalue weighted by molar-refractivity contribution is 5.87. The summed E-state index contributed by atoms with van der Waals surface area (Å²) in [6, 6.07) is 0. The third-order valence-corrected chi connectivity index (χ3v) is 3.53. The molecule has 92 valence electrons. The third-order valence-electron chi connectivity index (χ3n) is 3.53. The first-order chi connectivity index (χ1) is 7.55. The normalized spacial score (nSPS) is 18.9. The summed E-state index contributed by atoms with van der Waals surface area (Å²) in [6.45, 7) is 9.74. The third kappa shape index (κ3) is 3.10. The molecule has 0 saturated heterocycles. The molecule has 1 aliphatic carbocycles. The van der Waals surface area contributed by atoms with Gasteiger partial charge in [-0.2, -0.15) is 0 Å². The number of ether oxygens (including phenoxy) is 1. The lowest BCUT2D eigenvalue weighted by Gasteiger charge is -2.26. The number of carbonyl (C=O) groups excluding carboxylic acids is 1. The average Bonchev–Trinajstić information content (AvgIpc) is 2.99. The summed E-state index contributed by atoms with van der Waals surface area (Å²) in [6.07, 6.45) is 6.79. The standard InChI is InChI=1S/C14H24O2/c1-5-7-8-12(6-2)14(9-10-14)16-13(15)11(3)4/h12H,3,5-10H2,1-2,4H3. The quantitative estimate of drug-likeness (QED) is 0.485. The molecule has 1 atom stereocenters. The van der Waals surface area contributed by atoms with Gasteiger partial charge in [-0.15, -0.1) is 0 Å². The van der Waals surface area contributed by atoms with Crippen LogP contribution in [0.4, 0.5) is 0 Å². The number of unbranched alkanes of at least 4 members (excludes halogenated alkanes) is 1. The van der Waals surface area contributed by atoms with E-state index in [9.17, 15) is 4.79 Å². The van der Waals surface area contributed by atoms with Crippen molar-refractivity contribution in [3.63, 3.8) is 0 Å². The summed E-state index contributed by atoms with van der Waals surface area (Å²) in [5.74, 6) is 0.322. The van der Waals surface area contributed by atoms with E-state index >= 15 is 0 Å². The number of rotatable bonds is 7. The van der Waals surface area contributed by atoms with E-state index in [-0.39, 0.29) is 11.6 Å². The second-order valence-corrected chi connectivity index (χ2v) is 4.98. The second-order valence-electron chi connectivity index (χ2n) is 4.98. The van der Waals surface area contributed by atoms with E-state index in [0.717, 1.165) is 19.3 Å². The Morgan fingerprint density at radius 2 is 2.06 bits per heavy atom. The molecule has 1 fully saturated rings. The molecule has 0 radical (unpaired) electrons. The Hall–Kier alpha value is -0.790. The molecule has 1 saturated carbocycles. The van der Waals surface area contributed by atoms with Crippen LogP contribution >= 0.6 is 0 Å². The zero-order valence-electron chi connectivity index (χ0n) is 10.8. The Morgan fingerprint density at radius 1 is 1.44 bits per heavy atom. The van der Waals surface area contributed by atoms with Crippen molar-refractivity contribution in [2.24, 2.45) is 5.92 Å². The van der Waals surface area contributed by atoms with Gasteiger partial charge in [0, 0.05) is 5.57 Å². The summed E-state index contributed by atoms with van der Waals surface area (Å²) < 4.78 is 5.62. The van der Waals surface area contributed by atoms with E-state index in [1.54, 1.807) is 6.92 Å². The SMILES string of the molecule is C=C(C)C(=O)OC1(C(CC)CCCC)CC1. The van der Waals surface area contributed by atoms with Gasteiger partial charge in [-0.25, -0.2) is 4.79 Å². The molecule has 0 amide bonds. The molecular formula is C14H24O2. The van der Waals surface area contributed by atoms with Crippen LogP contribution in [0.2, 0.25) is 0 Å². The van der Waals surface area contributed by atoms with Crippen molar-refractivity contribution in [3.8, 4) is 0 Å². The van der Waals surface area contributed by atoms with Crippen molar-refractivity contribution >= 4 is 5.97 Å². The number of hydrogen-bond acceptors (Lipinski definition) is 2. The van der Waals surface area contributed by atoms with E-state index in [1.165, 1.54) is 19.3 Å². The van der Waals surface area contributed by atoms with Crippen LogP contribution in [0.5, 0.6) is 0 Å². The van der Waals surface area contributed by atoms with Gasteiger partial charge in [-0.3, -0.25) is 0 Å². The Labute approximate surface area is 99.1 Å². The molecule has 0 aromatic carbocycles. The van der Waals surface area contributed by atoms with Gasteiger partial charge in [-0.05, 0) is 38.5 Å². The molecule has 0 aromatic heterocycles. The van der Waals surface area contributed by atoms with Crippen LogP contribution < -0.4 is 0 Å². The van der Waals surface area contributed by atoms with Gasteiger partial charge in [0.2, 0.25) is 0 Å². The molecule has 1 unspecified atom stereocenters. The predicted octanol–water partition coefficient (Wildman–Crippen LogP) is 3.85. The van der Waals surface area contributed by atoms with Crippen molar-refractivity contribution in [2.75, 3.05) is 0 Å². The van der Waals surface area contributed by atoms with Gasteiger partial charge in [0.1, 0.15) is 5.60 Å². The summed E-state index contributed by atoms with van der Waals surface area (Å²) >= 11 is 0. The highest BCUT2D eigenvalue weighted by Gasteiger charge is 2.51. The maximum atomic E-state index is 11.6. The van der Waals surface area contributed by atoms with Crippen LogP contribution in [0.25, 0.3) is 0 Å². The first-order valence-corrected chi connectivity index (χ1v) is 6.44. The minimum atomic E-state index is -0.215. The lowest BCUT2D eigenvalue weighted by Crippen LogP contribution is -2.29. The van der Waals surface area contributed by atoms with E-state index in [4.69, 9.17) is 4.74 Å². The minimum absolute atomic E-state index is 0.139. The van der Waals surface area contributed by atoms with Gasteiger partial charge < -0.3 is 4.74 Å². The first kappa shape index (κ1) is 13.3. The molecular weight excluding hydrogens is 200 g/mol. The van der Waals surface area contributed by atoms with E-state index in [0.29, 0.717) is 11.5 Å². The van der Waals surface area contributed by atoms with Crippen LogP contribution in [0.15, 0.2) is 12.2 Å². The topological polar surface area (TPSA) is 26.3 Å². The maximum Gasteiger partial charge on any atom is 0.333 e. The number of hydrogen-bond donors (Lipinski definition) is 0. The summed E-state index contributed by atoms with van der Waals surface area (Å²) in [4.78, 5) is 11.6. The van der Waals surface area contributed by atoms with Gasteiger partial charge in [0.25, 0.3) is 0 Å². The fourth-order valence-electron chi connectivity index (χ4n) is 2.28. The Bertz CT molecular complexity index is 264. The lowest BCUT2D eigenvalue weighted by atomic mass is 9.91. The van der Waals surface area contributed by atoms with Gasteiger partial charge in [0.05, 0.1) is 0 Å². The van der Waals surface area contributed by atoms with Crippen LogP contribution in [-0.4, -0.2) is 11.6 Å². The van der Waals surface area contributed by atoms with E-state index in [1.807, 2.05) is 0 Å². The molecule has 16 heavy (non-hydrogen) atoms. The van der Waals surface area contributed by atoms with E-state index < -0.39 is 0 Å². The fraction of sp³-hybridized carbons (Fsp3) is 0.786. The molecule has 0 aliphatic heterocycles. The smallest absolute Gasteiger partial charge is 0.333 e.